The summed E-state index contributed by atoms with van der Waals surface area (Å²) in [5.41, 5.74) is 1.64. The monoisotopic (exact) mass is 408 g/mol. The van der Waals surface area contributed by atoms with E-state index in [4.69, 9.17) is 9.47 Å². The fourth-order valence-electron chi connectivity index (χ4n) is 4.88. The van der Waals surface area contributed by atoms with Crippen molar-refractivity contribution in [1.29, 1.82) is 0 Å². The third-order valence-corrected chi connectivity index (χ3v) is 6.51. The first-order valence-electron chi connectivity index (χ1n) is 11.0. The highest BCUT2D eigenvalue weighted by molar-refractivity contribution is 5.78. The molecule has 0 aliphatic carbocycles. The topological polar surface area (TPSA) is 42.0 Å². The van der Waals surface area contributed by atoms with Crippen LogP contribution < -0.4 is 9.47 Å². The van der Waals surface area contributed by atoms with Gasteiger partial charge in [0.15, 0.2) is 18.1 Å². The lowest BCUT2D eigenvalue weighted by Gasteiger charge is -2.40. The number of methoxy groups -OCH3 is 1. The number of nitrogens with zero attached hydrogens (tertiary/aromatic N) is 2. The highest BCUT2D eigenvalue weighted by Crippen LogP contribution is 2.39. The normalized spacial score (nSPS) is 21.7. The van der Waals surface area contributed by atoms with Gasteiger partial charge in [-0.1, -0.05) is 42.5 Å². The van der Waals surface area contributed by atoms with Gasteiger partial charge in [-0.3, -0.25) is 4.79 Å². The van der Waals surface area contributed by atoms with Gasteiger partial charge in [-0.2, -0.15) is 0 Å². The zero-order chi connectivity index (χ0) is 20.8. The number of benzene rings is 2. The molecule has 1 spiro atoms. The van der Waals surface area contributed by atoms with Crippen molar-refractivity contribution in [1.82, 2.24) is 9.80 Å². The van der Waals surface area contributed by atoms with Crippen molar-refractivity contribution >= 4 is 5.91 Å². The highest BCUT2D eigenvalue weighted by Gasteiger charge is 2.42. The van der Waals surface area contributed by atoms with Crippen LogP contribution in [0.5, 0.6) is 11.5 Å². The Morgan fingerprint density at radius 3 is 2.53 bits per heavy atom. The molecule has 2 saturated heterocycles. The van der Waals surface area contributed by atoms with Crippen LogP contribution in [0.25, 0.3) is 0 Å². The fourth-order valence-corrected chi connectivity index (χ4v) is 4.88. The number of rotatable bonds is 7. The van der Waals surface area contributed by atoms with Gasteiger partial charge in [0.25, 0.3) is 5.91 Å². The lowest BCUT2D eigenvalue weighted by molar-refractivity contribution is -0.132. The largest absolute Gasteiger partial charge is 0.493 e. The van der Waals surface area contributed by atoms with Crippen LogP contribution >= 0.6 is 0 Å². The molecule has 0 bridgehead atoms. The molecule has 0 saturated carbocycles. The second-order valence-electron chi connectivity index (χ2n) is 8.62. The van der Waals surface area contributed by atoms with Gasteiger partial charge in [-0.15, -0.1) is 0 Å². The molecule has 30 heavy (non-hydrogen) atoms. The Balaban J connectivity index is 1.28. The predicted octanol–water partition coefficient (Wildman–Crippen LogP) is 3.63. The third-order valence-electron chi connectivity index (χ3n) is 6.51. The number of hydrogen-bond donors (Lipinski definition) is 0. The van der Waals surface area contributed by atoms with E-state index in [-0.39, 0.29) is 17.9 Å². The second-order valence-corrected chi connectivity index (χ2v) is 8.62. The maximum absolute atomic E-state index is 12.8. The van der Waals surface area contributed by atoms with Crippen molar-refractivity contribution in [3.63, 3.8) is 0 Å². The SMILES string of the molecule is COc1ccccc1OCC(=O)N1CCC2(CCCN(CCc3ccccc3)C2)C1. The van der Waals surface area contributed by atoms with Crippen LogP contribution in [-0.4, -0.2) is 62.1 Å². The highest BCUT2D eigenvalue weighted by atomic mass is 16.5. The van der Waals surface area contributed by atoms with Crippen molar-refractivity contribution in [2.45, 2.75) is 25.7 Å². The van der Waals surface area contributed by atoms with Crippen LogP contribution in [0.3, 0.4) is 0 Å². The van der Waals surface area contributed by atoms with Crippen molar-refractivity contribution in [3.8, 4) is 11.5 Å². The van der Waals surface area contributed by atoms with Crippen LogP contribution in [0.2, 0.25) is 0 Å². The molecule has 0 radical (unpaired) electrons. The zero-order valence-corrected chi connectivity index (χ0v) is 17.9. The summed E-state index contributed by atoms with van der Waals surface area (Å²) in [5, 5.41) is 0. The molecular weight excluding hydrogens is 376 g/mol. The van der Waals surface area contributed by atoms with E-state index in [9.17, 15) is 4.79 Å². The van der Waals surface area contributed by atoms with Crippen molar-refractivity contribution in [3.05, 3.63) is 60.2 Å². The number of para-hydroxylation sites is 2. The quantitative estimate of drug-likeness (QED) is 0.702. The summed E-state index contributed by atoms with van der Waals surface area (Å²) >= 11 is 0. The molecular formula is C25H32N2O3. The number of carbonyl (C=O) groups excluding carboxylic acids is 1. The van der Waals surface area contributed by atoms with E-state index in [1.54, 1.807) is 7.11 Å². The minimum atomic E-state index is 0.0637. The summed E-state index contributed by atoms with van der Waals surface area (Å²) in [5.74, 6) is 1.34. The molecule has 2 heterocycles. The Bertz CT molecular complexity index is 841. The van der Waals surface area contributed by atoms with E-state index in [0.29, 0.717) is 11.5 Å². The standard InChI is InChI=1S/C25H32N2O3/c1-29-22-10-5-6-11-23(22)30-18-24(28)27-17-14-25(20-27)13-7-15-26(19-25)16-12-21-8-3-2-4-9-21/h2-6,8-11H,7,12-20H2,1H3. The molecule has 2 aromatic rings. The molecule has 1 atom stereocenters. The second kappa shape index (κ2) is 9.52. The molecule has 0 aromatic heterocycles. The first kappa shape index (κ1) is 20.7. The summed E-state index contributed by atoms with van der Waals surface area (Å²) in [4.78, 5) is 17.4. The van der Waals surface area contributed by atoms with E-state index < -0.39 is 0 Å². The Kier molecular flexibility index (Phi) is 6.58. The molecule has 4 rings (SSSR count). The molecule has 1 unspecified atom stereocenters. The van der Waals surface area contributed by atoms with Crippen LogP contribution in [0.1, 0.15) is 24.8 Å². The lowest BCUT2D eigenvalue weighted by atomic mass is 9.79. The summed E-state index contributed by atoms with van der Waals surface area (Å²) < 4.78 is 11.1. The van der Waals surface area contributed by atoms with E-state index in [2.05, 4.69) is 35.2 Å². The molecule has 0 N–H and O–H groups in total. The summed E-state index contributed by atoms with van der Waals surface area (Å²) in [6.07, 6.45) is 4.61. The number of carbonyl (C=O) groups is 1. The number of piperidine rings is 1. The van der Waals surface area contributed by atoms with Gasteiger partial charge in [0, 0.05) is 31.6 Å². The third kappa shape index (κ3) is 4.96. The molecule has 2 aliphatic rings. The number of ether oxygens (including phenoxy) is 2. The van der Waals surface area contributed by atoms with Crippen LogP contribution in [0.4, 0.5) is 0 Å². The van der Waals surface area contributed by atoms with Crippen molar-refractivity contribution in [2.75, 3.05) is 46.4 Å². The summed E-state index contributed by atoms with van der Waals surface area (Å²) in [6, 6.07) is 18.2. The number of likely N-dealkylation sites (tertiary alicyclic amines) is 2. The molecule has 2 fully saturated rings. The first-order chi connectivity index (χ1) is 14.7. The molecule has 1 amide bonds. The van der Waals surface area contributed by atoms with Crippen molar-refractivity contribution in [2.24, 2.45) is 5.41 Å². The fraction of sp³-hybridized carbons (Fsp3) is 0.480. The van der Waals surface area contributed by atoms with Crippen molar-refractivity contribution < 1.29 is 14.3 Å². The Morgan fingerprint density at radius 2 is 1.73 bits per heavy atom. The van der Waals surface area contributed by atoms with Gasteiger partial charge in [0.05, 0.1) is 7.11 Å². The van der Waals surface area contributed by atoms with E-state index in [1.165, 1.54) is 24.9 Å². The summed E-state index contributed by atoms with van der Waals surface area (Å²) in [6.45, 7) is 5.10. The first-order valence-corrected chi connectivity index (χ1v) is 11.0. The van der Waals surface area contributed by atoms with Gasteiger partial charge in [0.1, 0.15) is 0 Å². The maximum atomic E-state index is 12.8. The molecule has 5 nitrogen and oxygen atoms in total. The lowest BCUT2D eigenvalue weighted by Crippen LogP contribution is -2.46. The van der Waals surface area contributed by atoms with Gasteiger partial charge >= 0.3 is 0 Å². The average Bonchev–Trinajstić information content (AvgIpc) is 3.20. The Labute approximate surface area is 179 Å². The molecule has 2 aliphatic heterocycles. The van der Waals surface area contributed by atoms with Crippen LogP contribution in [0, 0.1) is 5.41 Å². The van der Waals surface area contributed by atoms with E-state index >= 15 is 0 Å². The molecule has 2 aromatic carbocycles. The molecule has 5 heteroatoms. The van der Waals surface area contributed by atoms with Gasteiger partial charge < -0.3 is 19.3 Å². The van der Waals surface area contributed by atoms with Gasteiger partial charge in [-0.25, -0.2) is 0 Å². The average molecular weight is 409 g/mol. The molecule has 160 valence electrons. The number of hydrogen-bond acceptors (Lipinski definition) is 4. The van der Waals surface area contributed by atoms with E-state index in [0.717, 1.165) is 39.0 Å². The minimum absolute atomic E-state index is 0.0637. The minimum Gasteiger partial charge on any atom is -0.493 e. The number of amides is 1. The predicted molar refractivity (Wildman–Crippen MR) is 118 cm³/mol. The zero-order valence-electron chi connectivity index (χ0n) is 17.9. The smallest absolute Gasteiger partial charge is 0.260 e. The Morgan fingerprint density at radius 1 is 0.967 bits per heavy atom. The van der Waals surface area contributed by atoms with Gasteiger partial charge in [-0.05, 0) is 49.9 Å². The Hall–Kier alpha value is -2.53. The van der Waals surface area contributed by atoms with Gasteiger partial charge in [0.2, 0.25) is 0 Å². The van der Waals surface area contributed by atoms with Crippen LogP contribution in [-0.2, 0) is 11.2 Å². The maximum Gasteiger partial charge on any atom is 0.260 e. The van der Waals surface area contributed by atoms with Crippen LogP contribution in [0.15, 0.2) is 54.6 Å². The summed E-state index contributed by atoms with van der Waals surface area (Å²) in [7, 11) is 1.61. The van der Waals surface area contributed by atoms with E-state index in [1.807, 2.05) is 29.2 Å².